The second-order valence-electron chi connectivity index (χ2n) is 8.94. The number of hydrogen-bond acceptors (Lipinski definition) is 6. The van der Waals surface area contributed by atoms with Gasteiger partial charge in [-0.2, -0.15) is 0 Å². The number of carbonyl (C=O) groups excluding carboxylic acids is 1. The Morgan fingerprint density at radius 3 is 2.58 bits per heavy atom. The van der Waals surface area contributed by atoms with E-state index >= 15 is 0 Å². The fourth-order valence-corrected chi connectivity index (χ4v) is 5.13. The highest BCUT2D eigenvalue weighted by molar-refractivity contribution is 5.83. The fourth-order valence-electron chi connectivity index (χ4n) is 5.13. The number of fused-ring (bicyclic) bond motifs is 2. The standard InChI is InChI=1S/C26H24N6O/c27-24-23-20(13-32(26(23)30-14-29-24)19-10-18(11-19)25(28)33)17-7-6-16-8-9-21(31-22(16)12-17)15-4-2-1-3-5-15/h1-9,12,14,18-20H,10-11,13H2,(H2,28,33)(H2,27,29,30). The highest BCUT2D eigenvalue weighted by Crippen LogP contribution is 2.46. The monoisotopic (exact) mass is 436 g/mol. The summed E-state index contributed by atoms with van der Waals surface area (Å²) in [5, 5.41) is 1.09. The zero-order chi connectivity index (χ0) is 22.5. The zero-order valence-corrected chi connectivity index (χ0v) is 18.1. The SMILES string of the molecule is NC(=O)C1CC(N2CC(c3ccc4ccc(-c5ccccc5)nc4c3)c3c(N)ncnc32)C1. The molecule has 33 heavy (non-hydrogen) atoms. The van der Waals surface area contributed by atoms with Gasteiger partial charge < -0.3 is 16.4 Å². The third kappa shape index (κ3) is 3.28. The second kappa shape index (κ2) is 7.55. The molecule has 4 aromatic rings. The quantitative estimate of drug-likeness (QED) is 0.507. The average molecular weight is 437 g/mol. The molecule has 0 spiro atoms. The average Bonchev–Trinajstić information content (AvgIpc) is 3.18. The number of aromatic nitrogens is 3. The Labute approximate surface area is 191 Å². The van der Waals surface area contributed by atoms with Crippen LogP contribution in [0.4, 0.5) is 11.6 Å². The first-order valence-corrected chi connectivity index (χ1v) is 11.2. The molecular formula is C26H24N6O. The van der Waals surface area contributed by atoms with Gasteiger partial charge in [0, 0.05) is 40.9 Å². The van der Waals surface area contributed by atoms with Gasteiger partial charge in [0.2, 0.25) is 5.91 Å². The summed E-state index contributed by atoms with van der Waals surface area (Å²) in [5.74, 6) is 1.13. The van der Waals surface area contributed by atoms with E-state index in [1.807, 2.05) is 18.2 Å². The molecule has 3 heterocycles. The summed E-state index contributed by atoms with van der Waals surface area (Å²) in [6.07, 6.45) is 3.03. The molecule has 1 aliphatic carbocycles. The third-order valence-electron chi connectivity index (χ3n) is 7.04. The Kier molecular flexibility index (Phi) is 4.50. The molecule has 1 amide bonds. The summed E-state index contributed by atoms with van der Waals surface area (Å²) in [5.41, 5.74) is 16.9. The van der Waals surface area contributed by atoms with Crippen LogP contribution < -0.4 is 16.4 Å². The minimum atomic E-state index is -0.223. The molecule has 1 aliphatic heterocycles. The van der Waals surface area contributed by atoms with Gasteiger partial charge in [-0.25, -0.2) is 15.0 Å². The Balaban J connectivity index is 1.38. The van der Waals surface area contributed by atoms with E-state index in [-0.39, 0.29) is 23.8 Å². The molecule has 7 heteroatoms. The van der Waals surface area contributed by atoms with Gasteiger partial charge in [0.05, 0.1) is 11.2 Å². The minimum absolute atomic E-state index is 0.0420. The first-order chi connectivity index (χ1) is 16.1. The van der Waals surface area contributed by atoms with Crippen molar-refractivity contribution >= 4 is 28.4 Å². The van der Waals surface area contributed by atoms with Crippen LogP contribution in [0, 0.1) is 5.92 Å². The van der Waals surface area contributed by atoms with Gasteiger partial charge >= 0.3 is 0 Å². The van der Waals surface area contributed by atoms with Gasteiger partial charge in [-0.3, -0.25) is 4.79 Å². The Morgan fingerprint density at radius 2 is 1.79 bits per heavy atom. The number of nitrogens with zero attached hydrogens (tertiary/aromatic N) is 4. The molecule has 1 unspecified atom stereocenters. The van der Waals surface area contributed by atoms with Crippen LogP contribution in [0.3, 0.4) is 0 Å². The maximum atomic E-state index is 11.5. The van der Waals surface area contributed by atoms with Crippen molar-refractivity contribution in [2.75, 3.05) is 17.2 Å². The molecule has 1 saturated carbocycles. The van der Waals surface area contributed by atoms with E-state index in [4.69, 9.17) is 16.5 Å². The Hall–Kier alpha value is -4.00. The van der Waals surface area contributed by atoms with Crippen molar-refractivity contribution in [1.29, 1.82) is 0 Å². The fraction of sp³-hybridized carbons (Fsp3) is 0.231. The Morgan fingerprint density at radius 1 is 1.00 bits per heavy atom. The molecule has 0 bridgehead atoms. The Bertz CT molecular complexity index is 1370. The number of hydrogen-bond donors (Lipinski definition) is 2. The van der Waals surface area contributed by atoms with E-state index in [1.165, 1.54) is 6.33 Å². The van der Waals surface area contributed by atoms with E-state index in [0.717, 1.165) is 58.5 Å². The molecule has 164 valence electrons. The summed E-state index contributed by atoms with van der Waals surface area (Å²) in [7, 11) is 0. The second-order valence-corrected chi connectivity index (χ2v) is 8.94. The lowest BCUT2D eigenvalue weighted by Crippen LogP contribution is -2.48. The van der Waals surface area contributed by atoms with Crippen molar-refractivity contribution in [3.63, 3.8) is 0 Å². The molecule has 1 fully saturated rings. The summed E-state index contributed by atoms with van der Waals surface area (Å²) in [6, 6.07) is 21.0. The number of nitrogen functional groups attached to an aromatic ring is 1. The van der Waals surface area contributed by atoms with Crippen LogP contribution in [-0.4, -0.2) is 33.4 Å². The molecule has 4 N–H and O–H groups in total. The maximum Gasteiger partial charge on any atom is 0.220 e. The summed E-state index contributed by atoms with van der Waals surface area (Å²) in [4.78, 5) is 27.6. The predicted octanol–water partition coefficient (Wildman–Crippen LogP) is 3.49. The van der Waals surface area contributed by atoms with E-state index in [9.17, 15) is 4.79 Å². The number of rotatable bonds is 4. The minimum Gasteiger partial charge on any atom is -0.383 e. The molecule has 1 atom stereocenters. The van der Waals surface area contributed by atoms with Crippen molar-refractivity contribution in [1.82, 2.24) is 15.0 Å². The lowest BCUT2D eigenvalue weighted by atomic mass is 9.79. The smallest absolute Gasteiger partial charge is 0.220 e. The van der Waals surface area contributed by atoms with Crippen LogP contribution in [0.2, 0.25) is 0 Å². The third-order valence-corrected chi connectivity index (χ3v) is 7.04. The summed E-state index contributed by atoms with van der Waals surface area (Å²) < 4.78 is 0. The molecule has 2 aliphatic rings. The topological polar surface area (TPSA) is 111 Å². The van der Waals surface area contributed by atoms with Crippen molar-refractivity contribution in [2.45, 2.75) is 24.8 Å². The largest absolute Gasteiger partial charge is 0.383 e. The normalized spacial score (nSPS) is 21.6. The zero-order valence-electron chi connectivity index (χ0n) is 18.1. The molecular weight excluding hydrogens is 412 g/mol. The lowest BCUT2D eigenvalue weighted by Gasteiger charge is -2.40. The molecule has 0 saturated heterocycles. The highest BCUT2D eigenvalue weighted by Gasteiger charge is 2.43. The first kappa shape index (κ1) is 19.7. The van der Waals surface area contributed by atoms with Crippen molar-refractivity contribution < 1.29 is 4.79 Å². The van der Waals surface area contributed by atoms with Crippen LogP contribution in [0.15, 0.2) is 67.0 Å². The molecule has 0 radical (unpaired) electrons. The first-order valence-electron chi connectivity index (χ1n) is 11.2. The molecule has 2 aromatic carbocycles. The van der Waals surface area contributed by atoms with Gasteiger partial charge in [-0.1, -0.05) is 48.5 Å². The van der Waals surface area contributed by atoms with Crippen molar-refractivity contribution in [2.24, 2.45) is 11.7 Å². The maximum absolute atomic E-state index is 11.5. The van der Waals surface area contributed by atoms with E-state index in [0.29, 0.717) is 5.82 Å². The van der Waals surface area contributed by atoms with Crippen LogP contribution in [0.5, 0.6) is 0 Å². The van der Waals surface area contributed by atoms with E-state index in [1.54, 1.807) is 0 Å². The number of anilines is 2. The predicted molar refractivity (Wildman–Crippen MR) is 129 cm³/mol. The van der Waals surface area contributed by atoms with Crippen LogP contribution >= 0.6 is 0 Å². The van der Waals surface area contributed by atoms with Gasteiger partial charge in [-0.05, 0) is 30.5 Å². The van der Waals surface area contributed by atoms with Crippen LogP contribution in [0.1, 0.15) is 29.9 Å². The molecule has 7 nitrogen and oxygen atoms in total. The van der Waals surface area contributed by atoms with Crippen molar-refractivity contribution in [3.8, 4) is 11.3 Å². The van der Waals surface area contributed by atoms with Gasteiger partial charge in [-0.15, -0.1) is 0 Å². The highest BCUT2D eigenvalue weighted by atomic mass is 16.1. The number of nitrogens with two attached hydrogens (primary N) is 2. The van der Waals surface area contributed by atoms with Gasteiger partial charge in [0.15, 0.2) is 0 Å². The van der Waals surface area contributed by atoms with Crippen molar-refractivity contribution in [3.05, 3.63) is 78.1 Å². The van der Waals surface area contributed by atoms with E-state index < -0.39 is 0 Å². The number of amides is 1. The number of pyridine rings is 1. The lowest BCUT2D eigenvalue weighted by molar-refractivity contribution is -0.124. The van der Waals surface area contributed by atoms with Crippen LogP contribution in [-0.2, 0) is 4.79 Å². The summed E-state index contributed by atoms with van der Waals surface area (Å²) in [6.45, 7) is 0.748. The van der Waals surface area contributed by atoms with Gasteiger partial charge in [0.1, 0.15) is 18.0 Å². The molecule has 6 rings (SSSR count). The number of primary amides is 1. The number of carbonyl (C=O) groups is 1. The van der Waals surface area contributed by atoms with Crippen LogP contribution in [0.25, 0.3) is 22.2 Å². The molecule has 2 aromatic heterocycles. The summed E-state index contributed by atoms with van der Waals surface area (Å²) >= 11 is 0. The van der Waals surface area contributed by atoms with Gasteiger partial charge in [0.25, 0.3) is 0 Å². The van der Waals surface area contributed by atoms with E-state index in [2.05, 4.69) is 57.3 Å². The number of benzene rings is 2.